The van der Waals surface area contributed by atoms with E-state index in [1.165, 1.54) is 32.1 Å². The fraction of sp³-hybridized carbons (Fsp3) is 0.630. The third kappa shape index (κ3) is 4.71. The average Bonchev–Trinajstić information content (AvgIpc) is 3.59. The number of ether oxygens (including phenoxy) is 1. The Hall–Kier alpha value is -2.62. The Morgan fingerprint density at radius 3 is 2.69 bits per heavy atom. The van der Waals surface area contributed by atoms with Crippen molar-refractivity contribution in [1.82, 2.24) is 35.0 Å². The van der Waals surface area contributed by atoms with Gasteiger partial charge in [-0.15, -0.1) is 5.10 Å². The number of nitrogens with one attached hydrogen (secondary N) is 1. The molecule has 0 radical (unpaired) electrons. The molecule has 192 valence electrons. The van der Waals surface area contributed by atoms with Gasteiger partial charge in [-0.25, -0.2) is 4.68 Å². The van der Waals surface area contributed by atoms with Crippen LogP contribution in [0.2, 0.25) is 0 Å². The maximum Gasteiger partial charge on any atom is 0.253 e. The first kappa shape index (κ1) is 23.8. The normalized spacial score (nSPS) is 23.4. The number of aromatic nitrogens is 5. The van der Waals surface area contributed by atoms with Crippen LogP contribution in [-0.2, 0) is 11.3 Å². The summed E-state index contributed by atoms with van der Waals surface area (Å²) in [5.41, 5.74) is 2.61. The van der Waals surface area contributed by atoms with Crippen LogP contribution in [0.15, 0.2) is 29.1 Å². The number of benzene rings is 1. The molecule has 0 bridgehead atoms. The monoisotopic (exact) mass is 491 g/mol. The molecule has 0 spiro atoms. The lowest BCUT2D eigenvalue weighted by molar-refractivity contribution is 0.0593. The molecule has 2 saturated heterocycles. The van der Waals surface area contributed by atoms with Gasteiger partial charge in [-0.1, -0.05) is 37.5 Å². The van der Waals surface area contributed by atoms with E-state index in [1.807, 2.05) is 29.8 Å². The average molecular weight is 492 g/mol. The van der Waals surface area contributed by atoms with Gasteiger partial charge in [-0.2, -0.15) is 0 Å². The number of fused-ring (bicyclic) bond motifs is 1. The molecule has 4 heterocycles. The Bertz CT molecular complexity index is 1230. The van der Waals surface area contributed by atoms with Crippen LogP contribution >= 0.6 is 0 Å². The van der Waals surface area contributed by atoms with Crippen molar-refractivity contribution in [2.24, 2.45) is 0 Å². The molecule has 3 aromatic rings. The van der Waals surface area contributed by atoms with Gasteiger partial charge in [0.1, 0.15) is 6.04 Å². The minimum absolute atomic E-state index is 0.0665. The summed E-state index contributed by atoms with van der Waals surface area (Å²) in [5, 5.41) is 13.9. The molecule has 2 aliphatic heterocycles. The van der Waals surface area contributed by atoms with Crippen LogP contribution < -0.4 is 5.56 Å². The van der Waals surface area contributed by atoms with E-state index < -0.39 is 0 Å². The van der Waals surface area contributed by atoms with Gasteiger partial charge < -0.3 is 9.72 Å². The first-order valence-corrected chi connectivity index (χ1v) is 13.7. The highest BCUT2D eigenvalue weighted by molar-refractivity contribution is 5.82. The van der Waals surface area contributed by atoms with E-state index in [1.54, 1.807) is 0 Å². The summed E-state index contributed by atoms with van der Waals surface area (Å²) in [5.74, 6) is 0.731. The van der Waals surface area contributed by atoms with Gasteiger partial charge in [0, 0.05) is 44.4 Å². The third-order valence-electron chi connectivity index (χ3n) is 8.42. The number of tetrazole rings is 1. The van der Waals surface area contributed by atoms with Crippen molar-refractivity contribution < 1.29 is 4.74 Å². The molecular weight excluding hydrogens is 454 g/mol. The van der Waals surface area contributed by atoms with Gasteiger partial charge in [-0.05, 0) is 60.0 Å². The highest BCUT2D eigenvalue weighted by Crippen LogP contribution is 2.30. The molecule has 2 atom stereocenters. The number of hydrogen-bond donors (Lipinski definition) is 1. The number of aryl methyl sites for hydroxylation is 1. The molecule has 6 rings (SSSR count). The second-order valence-electron chi connectivity index (χ2n) is 10.7. The summed E-state index contributed by atoms with van der Waals surface area (Å²) in [6, 6.07) is 8.58. The first-order chi connectivity index (χ1) is 17.7. The zero-order valence-electron chi connectivity index (χ0n) is 21.2. The highest BCUT2D eigenvalue weighted by Gasteiger charge is 2.35. The minimum atomic E-state index is -0.302. The van der Waals surface area contributed by atoms with Crippen LogP contribution in [-0.4, -0.2) is 79.9 Å². The molecule has 1 aromatic carbocycles. The summed E-state index contributed by atoms with van der Waals surface area (Å²) in [6.07, 6.45) is 8.89. The summed E-state index contributed by atoms with van der Waals surface area (Å²) >= 11 is 0. The first-order valence-electron chi connectivity index (χ1n) is 13.7. The van der Waals surface area contributed by atoms with Gasteiger partial charge in [-0.3, -0.25) is 14.6 Å². The molecule has 3 aliphatic rings. The molecule has 1 N–H and O–H groups in total. The van der Waals surface area contributed by atoms with Crippen molar-refractivity contribution >= 4 is 10.9 Å². The molecular formula is C27H37N7O2. The van der Waals surface area contributed by atoms with Crippen molar-refractivity contribution in [3.05, 3.63) is 51.6 Å². The SMILES string of the molecule is Cc1cccc2cc([C@H](c3nnnn3C[C@H]3CCCO3)N3CCN(C4CCCCC4)CC3)c(=O)[nH]c12. The molecule has 1 saturated carbocycles. The van der Waals surface area contributed by atoms with Gasteiger partial charge in [0.15, 0.2) is 5.82 Å². The van der Waals surface area contributed by atoms with Crippen LogP contribution in [0.3, 0.4) is 0 Å². The standard InChI is InChI=1S/C27H37N7O2/c1-19-7-5-8-20-17-23(27(35)28-24(19)20)25(26-29-30-31-34(26)18-22-11-6-16-36-22)33-14-12-32(13-15-33)21-9-3-2-4-10-21/h5,7-8,17,21-22,25H,2-4,6,9-16,18H2,1H3,(H,28,35)/t22-,25-/m1/s1. The predicted octanol–water partition coefficient (Wildman–Crippen LogP) is 3.04. The van der Waals surface area contributed by atoms with E-state index in [-0.39, 0.29) is 17.7 Å². The topological polar surface area (TPSA) is 92.2 Å². The minimum Gasteiger partial charge on any atom is -0.376 e. The predicted molar refractivity (Wildman–Crippen MR) is 138 cm³/mol. The van der Waals surface area contributed by atoms with Crippen molar-refractivity contribution in [3.8, 4) is 0 Å². The number of rotatable bonds is 6. The van der Waals surface area contributed by atoms with Gasteiger partial charge in [0.25, 0.3) is 5.56 Å². The van der Waals surface area contributed by atoms with E-state index in [2.05, 4.69) is 36.4 Å². The van der Waals surface area contributed by atoms with Crippen molar-refractivity contribution in [2.45, 2.75) is 76.6 Å². The number of piperazine rings is 1. The van der Waals surface area contributed by atoms with Crippen molar-refractivity contribution in [3.63, 3.8) is 0 Å². The molecule has 0 unspecified atom stereocenters. The summed E-state index contributed by atoms with van der Waals surface area (Å²) in [7, 11) is 0. The van der Waals surface area contributed by atoms with Crippen LogP contribution in [0.4, 0.5) is 0 Å². The maximum atomic E-state index is 13.5. The Morgan fingerprint density at radius 1 is 1.08 bits per heavy atom. The number of H-pyrrole nitrogens is 1. The molecule has 36 heavy (non-hydrogen) atoms. The summed E-state index contributed by atoms with van der Waals surface area (Å²) in [4.78, 5) is 21.8. The Kier molecular flexibility index (Phi) is 6.86. The molecule has 0 amide bonds. The third-order valence-corrected chi connectivity index (χ3v) is 8.42. The van der Waals surface area contributed by atoms with Crippen LogP contribution in [0.25, 0.3) is 10.9 Å². The van der Waals surface area contributed by atoms with Gasteiger partial charge in [0.05, 0.1) is 18.2 Å². The van der Waals surface area contributed by atoms with E-state index in [4.69, 9.17) is 4.74 Å². The summed E-state index contributed by atoms with van der Waals surface area (Å²) in [6.45, 7) is 7.24. The quantitative estimate of drug-likeness (QED) is 0.567. The smallest absolute Gasteiger partial charge is 0.253 e. The molecule has 1 aliphatic carbocycles. The Morgan fingerprint density at radius 2 is 1.92 bits per heavy atom. The highest BCUT2D eigenvalue weighted by atomic mass is 16.5. The zero-order valence-corrected chi connectivity index (χ0v) is 21.2. The molecule has 2 aromatic heterocycles. The largest absolute Gasteiger partial charge is 0.376 e. The van der Waals surface area contributed by atoms with E-state index in [9.17, 15) is 4.79 Å². The lowest BCUT2D eigenvalue weighted by atomic mass is 9.93. The van der Waals surface area contributed by atoms with E-state index in [0.717, 1.165) is 67.9 Å². The fourth-order valence-corrected chi connectivity index (χ4v) is 6.43. The lowest BCUT2D eigenvalue weighted by Gasteiger charge is -2.43. The van der Waals surface area contributed by atoms with Crippen LogP contribution in [0.5, 0.6) is 0 Å². The van der Waals surface area contributed by atoms with Crippen LogP contribution in [0, 0.1) is 6.92 Å². The maximum absolute atomic E-state index is 13.5. The van der Waals surface area contributed by atoms with E-state index in [0.29, 0.717) is 18.2 Å². The number of nitrogens with zero attached hydrogens (tertiary/aromatic N) is 6. The van der Waals surface area contributed by atoms with Crippen molar-refractivity contribution in [2.75, 3.05) is 32.8 Å². The second-order valence-corrected chi connectivity index (χ2v) is 10.7. The molecule has 9 nitrogen and oxygen atoms in total. The Balaban J connectivity index is 1.34. The summed E-state index contributed by atoms with van der Waals surface area (Å²) < 4.78 is 7.75. The van der Waals surface area contributed by atoms with Gasteiger partial charge >= 0.3 is 0 Å². The number of aromatic amines is 1. The molecule has 3 fully saturated rings. The van der Waals surface area contributed by atoms with Crippen LogP contribution in [0.1, 0.15) is 67.9 Å². The fourth-order valence-electron chi connectivity index (χ4n) is 6.43. The number of para-hydroxylation sites is 1. The second kappa shape index (κ2) is 10.4. The number of pyridine rings is 1. The molecule has 9 heteroatoms. The zero-order chi connectivity index (χ0) is 24.5. The Labute approximate surface area is 211 Å². The van der Waals surface area contributed by atoms with Gasteiger partial charge in [0.2, 0.25) is 0 Å². The lowest BCUT2D eigenvalue weighted by Crippen LogP contribution is -2.52. The number of hydrogen-bond acceptors (Lipinski definition) is 7. The van der Waals surface area contributed by atoms with E-state index >= 15 is 0 Å². The van der Waals surface area contributed by atoms with Crippen molar-refractivity contribution in [1.29, 1.82) is 0 Å².